The molecule has 0 atom stereocenters. The number of nitrogens with one attached hydrogen (secondary N) is 2. The van der Waals surface area contributed by atoms with Crippen LogP contribution in [0, 0.1) is 6.92 Å². The number of aromatic nitrogens is 1. The van der Waals surface area contributed by atoms with Crippen LogP contribution in [0.15, 0.2) is 23.6 Å². The van der Waals surface area contributed by atoms with E-state index in [4.69, 9.17) is 14.2 Å². The number of esters is 1. The summed E-state index contributed by atoms with van der Waals surface area (Å²) in [4.78, 5) is 39.5. The molecule has 2 aromatic rings. The molecule has 2 N–H and O–H groups in total. The van der Waals surface area contributed by atoms with Crippen molar-refractivity contribution < 1.29 is 28.6 Å². The van der Waals surface area contributed by atoms with Gasteiger partial charge in [0.25, 0.3) is 5.91 Å². The third-order valence-corrected chi connectivity index (χ3v) is 4.48. The first kappa shape index (κ1) is 21.2. The molecule has 0 aliphatic rings. The maximum atomic E-state index is 11.9. The number of nitrogens with zero attached hydrogens (tertiary/aromatic N) is 1. The number of aryl methyl sites for hydroxylation is 1. The van der Waals surface area contributed by atoms with E-state index in [1.54, 1.807) is 18.2 Å². The Kier molecular flexibility index (Phi) is 7.76. The van der Waals surface area contributed by atoms with Gasteiger partial charge in [-0.2, -0.15) is 0 Å². The van der Waals surface area contributed by atoms with E-state index < -0.39 is 24.4 Å². The van der Waals surface area contributed by atoms with Crippen LogP contribution in [0.5, 0.6) is 11.5 Å². The van der Waals surface area contributed by atoms with Crippen molar-refractivity contribution in [3.05, 3.63) is 39.8 Å². The number of benzene rings is 1. The highest BCUT2D eigenvalue weighted by Crippen LogP contribution is 2.25. The summed E-state index contributed by atoms with van der Waals surface area (Å²) in [6.07, 6.45) is -0.0218. The number of thiazole rings is 1. The molecular weight excluding hydrogens is 386 g/mol. The lowest BCUT2D eigenvalue weighted by atomic mass is 10.1. The summed E-state index contributed by atoms with van der Waals surface area (Å²) in [7, 11) is 3.00. The Morgan fingerprint density at radius 3 is 2.46 bits per heavy atom. The Labute approximate surface area is 166 Å². The molecule has 10 heteroatoms. The molecule has 2 rings (SSSR count). The fourth-order valence-corrected chi connectivity index (χ4v) is 2.96. The molecule has 0 aliphatic heterocycles. The minimum absolute atomic E-state index is 0.0514. The van der Waals surface area contributed by atoms with E-state index in [0.717, 1.165) is 5.69 Å². The number of carbonyl (C=O) groups is 3. The maximum absolute atomic E-state index is 11.9. The second kappa shape index (κ2) is 10.3. The summed E-state index contributed by atoms with van der Waals surface area (Å²) in [6, 6.07) is 5.02. The highest BCUT2D eigenvalue weighted by molar-refractivity contribution is 7.09. The molecule has 0 aliphatic carbocycles. The van der Waals surface area contributed by atoms with Gasteiger partial charge in [-0.15, -0.1) is 11.3 Å². The summed E-state index contributed by atoms with van der Waals surface area (Å²) in [5, 5.41) is 2.47. The van der Waals surface area contributed by atoms with E-state index >= 15 is 0 Å². The number of amides is 2. The van der Waals surface area contributed by atoms with Gasteiger partial charge in [-0.3, -0.25) is 25.2 Å². The van der Waals surface area contributed by atoms with Gasteiger partial charge in [-0.25, -0.2) is 4.98 Å². The van der Waals surface area contributed by atoms with Gasteiger partial charge in [-0.1, -0.05) is 6.07 Å². The van der Waals surface area contributed by atoms with Crippen molar-refractivity contribution in [1.82, 2.24) is 15.8 Å². The molecule has 1 heterocycles. The standard InChI is InChI=1S/C18H21N3O6S/c1-11-10-28-17(19-11)8-15(22)20-21-16(23)9-27-18(24)6-12-4-5-13(25-2)7-14(12)26-3/h4-5,7,10H,6,8-9H2,1-3H3,(H,20,22)(H,21,23). The van der Waals surface area contributed by atoms with E-state index in [-0.39, 0.29) is 12.8 Å². The van der Waals surface area contributed by atoms with Gasteiger partial charge in [0.2, 0.25) is 5.91 Å². The van der Waals surface area contributed by atoms with E-state index in [2.05, 4.69) is 15.8 Å². The maximum Gasteiger partial charge on any atom is 0.310 e. The molecule has 9 nitrogen and oxygen atoms in total. The molecule has 0 bridgehead atoms. The quantitative estimate of drug-likeness (QED) is 0.494. The number of hydrogen-bond donors (Lipinski definition) is 2. The topological polar surface area (TPSA) is 116 Å². The van der Waals surface area contributed by atoms with Crippen molar-refractivity contribution in [2.75, 3.05) is 20.8 Å². The Balaban J connectivity index is 1.73. The Hall–Kier alpha value is -3.14. The number of hydrogen-bond acceptors (Lipinski definition) is 8. The smallest absolute Gasteiger partial charge is 0.310 e. The van der Waals surface area contributed by atoms with Gasteiger partial charge in [0, 0.05) is 22.7 Å². The van der Waals surface area contributed by atoms with Crippen LogP contribution in [0.25, 0.3) is 0 Å². The average molecular weight is 407 g/mol. The molecule has 2 amide bonds. The molecule has 0 saturated heterocycles. The largest absolute Gasteiger partial charge is 0.497 e. The zero-order valence-electron chi connectivity index (χ0n) is 15.7. The number of hydrazine groups is 1. The fraction of sp³-hybridized carbons (Fsp3) is 0.333. The SMILES string of the molecule is COc1ccc(CC(=O)OCC(=O)NNC(=O)Cc2nc(C)cs2)c(OC)c1. The van der Waals surface area contributed by atoms with Crippen molar-refractivity contribution in [3.63, 3.8) is 0 Å². The zero-order valence-corrected chi connectivity index (χ0v) is 16.6. The summed E-state index contributed by atoms with van der Waals surface area (Å²) < 4.78 is 15.2. The van der Waals surface area contributed by atoms with E-state index in [1.807, 2.05) is 12.3 Å². The van der Waals surface area contributed by atoms with Crippen molar-refractivity contribution in [3.8, 4) is 11.5 Å². The van der Waals surface area contributed by atoms with Gasteiger partial charge in [-0.05, 0) is 13.0 Å². The van der Waals surface area contributed by atoms with Gasteiger partial charge >= 0.3 is 5.97 Å². The second-order valence-electron chi connectivity index (χ2n) is 5.67. The lowest BCUT2D eigenvalue weighted by Crippen LogP contribution is -2.44. The first-order valence-corrected chi connectivity index (χ1v) is 9.14. The van der Waals surface area contributed by atoms with Crippen molar-refractivity contribution in [2.24, 2.45) is 0 Å². The Bertz CT molecular complexity index is 852. The molecule has 0 unspecified atom stereocenters. The van der Waals surface area contributed by atoms with Crippen molar-refractivity contribution in [2.45, 2.75) is 19.8 Å². The molecule has 0 radical (unpaired) electrons. The van der Waals surface area contributed by atoms with Crippen LogP contribution in [0.2, 0.25) is 0 Å². The van der Waals surface area contributed by atoms with Crippen LogP contribution in [0.4, 0.5) is 0 Å². The molecule has 1 aromatic carbocycles. The molecule has 0 fully saturated rings. The monoisotopic (exact) mass is 407 g/mol. The summed E-state index contributed by atoms with van der Waals surface area (Å²) in [6.45, 7) is 1.31. The second-order valence-corrected chi connectivity index (χ2v) is 6.61. The van der Waals surface area contributed by atoms with Crippen LogP contribution in [0.1, 0.15) is 16.3 Å². The number of ether oxygens (including phenoxy) is 3. The summed E-state index contributed by atoms with van der Waals surface area (Å²) in [5.74, 6) is -0.610. The van der Waals surface area contributed by atoms with Crippen LogP contribution >= 0.6 is 11.3 Å². The van der Waals surface area contributed by atoms with Crippen molar-refractivity contribution in [1.29, 1.82) is 0 Å². The lowest BCUT2D eigenvalue weighted by Gasteiger charge is -2.10. The highest BCUT2D eigenvalue weighted by Gasteiger charge is 2.13. The predicted molar refractivity (Wildman–Crippen MR) is 101 cm³/mol. The molecule has 150 valence electrons. The molecule has 1 aromatic heterocycles. The molecular formula is C18H21N3O6S. The first-order valence-electron chi connectivity index (χ1n) is 8.26. The number of methoxy groups -OCH3 is 2. The normalized spacial score (nSPS) is 10.1. The van der Waals surface area contributed by atoms with Crippen LogP contribution < -0.4 is 20.3 Å². The third-order valence-electron chi connectivity index (χ3n) is 3.51. The predicted octanol–water partition coefficient (Wildman–Crippen LogP) is 0.945. The van der Waals surface area contributed by atoms with E-state index in [0.29, 0.717) is 22.1 Å². The number of carbonyl (C=O) groups excluding carboxylic acids is 3. The Morgan fingerprint density at radius 1 is 1.07 bits per heavy atom. The number of rotatable bonds is 8. The minimum Gasteiger partial charge on any atom is -0.497 e. The average Bonchev–Trinajstić information content (AvgIpc) is 3.09. The highest BCUT2D eigenvalue weighted by atomic mass is 32.1. The van der Waals surface area contributed by atoms with Gasteiger partial charge < -0.3 is 14.2 Å². The Morgan fingerprint density at radius 2 is 1.82 bits per heavy atom. The fourth-order valence-electron chi connectivity index (χ4n) is 2.19. The molecule has 28 heavy (non-hydrogen) atoms. The zero-order chi connectivity index (χ0) is 20.5. The minimum atomic E-state index is -0.654. The van der Waals surface area contributed by atoms with Crippen LogP contribution in [-0.2, 0) is 32.0 Å². The first-order chi connectivity index (χ1) is 13.4. The van der Waals surface area contributed by atoms with Gasteiger partial charge in [0.15, 0.2) is 6.61 Å². The van der Waals surface area contributed by atoms with Gasteiger partial charge in [0.05, 0.1) is 27.1 Å². The van der Waals surface area contributed by atoms with E-state index in [9.17, 15) is 14.4 Å². The summed E-state index contributed by atoms with van der Waals surface area (Å²) >= 11 is 1.36. The summed E-state index contributed by atoms with van der Waals surface area (Å²) in [5.41, 5.74) is 5.86. The van der Waals surface area contributed by atoms with Crippen LogP contribution in [0.3, 0.4) is 0 Å². The van der Waals surface area contributed by atoms with Crippen LogP contribution in [-0.4, -0.2) is 43.6 Å². The molecule has 0 spiro atoms. The van der Waals surface area contributed by atoms with Gasteiger partial charge in [0.1, 0.15) is 16.5 Å². The third kappa shape index (κ3) is 6.54. The molecule has 0 saturated carbocycles. The van der Waals surface area contributed by atoms with E-state index in [1.165, 1.54) is 25.6 Å². The lowest BCUT2D eigenvalue weighted by molar-refractivity contribution is -0.148. The van der Waals surface area contributed by atoms with Crippen molar-refractivity contribution >= 4 is 29.1 Å².